The van der Waals surface area contributed by atoms with Gasteiger partial charge in [-0.3, -0.25) is 9.59 Å². The van der Waals surface area contributed by atoms with Crippen LogP contribution in [0.4, 0.5) is 0 Å². The van der Waals surface area contributed by atoms with Crippen LogP contribution in [-0.4, -0.2) is 31.2 Å². The molecule has 2 heterocycles. The molecule has 4 aliphatic carbocycles. The van der Waals surface area contributed by atoms with Crippen molar-refractivity contribution in [2.75, 3.05) is 0 Å². The quantitative estimate of drug-likeness (QED) is 0.430. The van der Waals surface area contributed by atoms with Crippen molar-refractivity contribution in [1.29, 1.82) is 0 Å². The summed E-state index contributed by atoms with van der Waals surface area (Å²) in [6.07, 6.45) is 9.07. The smallest absolute Gasteiger partial charge is 0.267 e. The first kappa shape index (κ1) is 21.8. The Morgan fingerprint density at radius 2 is 1.76 bits per heavy atom. The molecule has 1 unspecified atom stereocenters. The summed E-state index contributed by atoms with van der Waals surface area (Å²) in [4.78, 5) is 36.2. The third-order valence-electron chi connectivity index (χ3n) is 8.02. The van der Waals surface area contributed by atoms with Gasteiger partial charge in [0.2, 0.25) is 5.91 Å². The van der Waals surface area contributed by atoms with Crippen molar-refractivity contribution in [3.8, 4) is 5.82 Å². The maximum atomic E-state index is 13.5. The number of pyridine rings is 1. The molecule has 6 nitrogen and oxygen atoms in total. The van der Waals surface area contributed by atoms with Crippen LogP contribution in [0.5, 0.6) is 0 Å². The number of aromatic nitrogens is 3. The maximum absolute atomic E-state index is 13.5. The highest BCUT2D eigenvalue weighted by Crippen LogP contribution is 2.55. The summed E-state index contributed by atoms with van der Waals surface area (Å²) in [7, 11) is 0. The molecule has 1 N–H and O–H groups in total. The van der Waals surface area contributed by atoms with Crippen LogP contribution in [0.25, 0.3) is 16.7 Å². The van der Waals surface area contributed by atoms with Gasteiger partial charge >= 0.3 is 0 Å². The molecule has 0 aliphatic heterocycles. The Hall–Kier alpha value is -2.67. The highest BCUT2D eigenvalue weighted by atomic mass is 32.2. The molecule has 1 atom stereocenters. The lowest BCUT2D eigenvalue weighted by Crippen LogP contribution is -2.60. The number of nitrogens with one attached hydrogen (secondary N) is 1. The molecule has 0 saturated heterocycles. The van der Waals surface area contributed by atoms with Crippen LogP contribution in [0, 0.1) is 24.7 Å². The van der Waals surface area contributed by atoms with E-state index in [2.05, 4.69) is 10.3 Å². The van der Waals surface area contributed by atoms with Crippen LogP contribution in [0.2, 0.25) is 0 Å². The summed E-state index contributed by atoms with van der Waals surface area (Å²) in [5, 5.41) is 4.14. The molecule has 4 saturated carbocycles. The number of rotatable bonds is 5. The van der Waals surface area contributed by atoms with Gasteiger partial charge in [-0.1, -0.05) is 30.0 Å². The van der Waals surface area contributed by atoms with Gasteiger partial charge in [-0.25, -0.2) is 14.5 Å². The Morgan fingerprint density at radius 3 is 2.44 bits per heavy atom. The number of hydrogen-bond acceptors (Lipinski definition) is 5. The molecule has 1 amide bonds. The number of aryl methyl sites for hydroxylation is 1. The SMILES string of the molecule is Cc1cccnc1-n1c(SC(C)C(=O)NC23CC4CC(CC(C4)C2)C3)nc2ccccc2c1=O. The van der Waals surface area contributed by atoms with E-state index in [4.69, 9.17) is 4.98 Å². The number of benzene rings is 1. The van der Waals surface area contributed by atoms with Crippen molar-refractivity contribution in [3.63, 3.8) is 0 Å². The molecule has 176 valence electrons. The Balaban J connectivity index is 1.32. The minimum absolute atomic E-state index is 0.0330. The molecule has 1 aromatic carbocycles. The van der Waals surface area contributed by atoms with Gasteiger partial charge in [-0.05, 0) is 93.9 Å². The first-order valence-electron chi connectivity index (χ1n) is 12.3. The van der Waals surface area contributed by atoms with Gasteiger partial charge in [0, 0.05) is 11.7 Å². The molecule has 7 heteroatoms. The number of carbonyl (C=O) groups is 1. The van der Waals surface area contributed by atoms with E-state index in [1.54, 1.807) is 16.8 Å². The van der Waals surface area contributed by atoms with E-state index in [-0.39, 0.29) is 22.3 Å². The van der Waals surface area contributed by atoms with Crippen molar-refractivity contribution < 1.29 is 4.79 Å². The first-order chi connectivity index (χ1) is 16.4. The zero-order chi connectivity index (χ0) is 23.4. The molecule has 3 aromatic rings. The van der Waals surface area contributed by atoms with Gasteiger partial charge in [-0.15, -0.1) is 0 Å². The molecular formula is C27H30N4O2S. The lowest BCUT2D eigenvalue weighted by Gasteiger charge is -2.57. The predicted octanol–water partition coefficient (Wildman–Crippen LogP) is 4.65. The monoisotopic (exact) mass is 474 g/mol. The lowest BCUT2D eigenvalue weighted by atomic mass is 9.53. The van der Waals surface area contributed by atoms with E-state index in [0.29, 0.717) is 21.9 Å². The zero-order valence-corrected chi connectivity index (χ0v) is 20.5. The first-order valence-corrected chi connectivity index (χ1v) is 13.2. The lowest BCUT2D eigenvalue weighted by molar-refractivity contribution is -0.126. The van der Waals surface area contributed by atoms with Crippen LogP contribution < -0.4 is 10.9 Å². The number of nitrogens with zero attached hydrogens (tertiary/aromatic N) is 3. The normalized spacial score (nSPS) is 28.2. The van der Waals surface area contributed by atoms with Crippen LogP contribution in [0.3, 0.4) is 0 Å². The number of hydrogen-bond donors (Lipinski definition) is 1. The highest BCUT2D eigenvalue weighted by molar-refractivity contribution is 8.00. The topological polar surface area (TPSA) is 76.9 Å². The number of para-hydroxylation sites is 1. The molecule has 34 heavy (non-hydrogen) atoms. The highest BCUT2D eigenvalue weighted by Gasteiger charge is 2.51. The van der Waals surface area contributed by atoms with Gasteiger partial charge in [-0.2, -0.15) is 0 Å². The second kappa shape index (κ2) is 8.22. The van der Waals surface area contributed by atoms with E-state index < -0.39 is 0 Å². The molecule has 0 spiro atoms. The van der Waals surface area contributed by atoms with Crippen LogP contribution >= 0.6 is 11.8 Å². The van der Waals surface area contributed by atoms with Crippen LogP contribution in [0.15, 0.2) is 52.5 Å². The van der Waals surface area contributed by atoms with Crippen molar-refractivity contribution >= 4 is 28.6 Å². The number of carbonyl (C=O) groups excluding carboxylic acids is 1. The van der Waals surface area contributed by atoms with Crippen LogP contribution in [-0.2, 0) is 4.79 Å². The molecule has 7 rings (SSSR count). The Morgan fingerprint density at radius 1 is 1.09 bits per heavy atom. The fourth-order valence-corrected chi connectivity index (χ4v) is 7.84. The standard InChI is InChI=1S/C27H30N4O2S/c1-16-6-5-9-28-23(16)31-25(33)21-7-3-4-8-22(21)29-26(31)34-17(2)24(32)30-27-13-18-10-19(14-27)12-20(11-18)15-27/h3-9,17-20H,10-15H2,1-2H3,(H,30,32). The van der Waals surface area contributed by atoms with E-state index in [0.717, 1.165) is 42.6 Å². The summed E-state index contributed by atoms with van der Waals surface area (Å²) >= 11 is 1.34. The van der Waals surface area contributed by atoms with E-state index in [1.165, 1.54) is 31.0 Å². The molecule has 0 radical (unpaired) electrons. The number of fused-ring (bicyclic) bond motifs is 1. The van der Waals surface area contributed by atoms with Crippen LogP contribution in [0.1, 0.15) is 51.0 Å². The van der Waals surface area contributed by atoms with Gasteiger partial charge in [0.25, 0.3) is 5.56 Å². The van der Waals surface area contributed by atoms with E-state index in [1.807, 2.05) is 44.2 Å². The predicted molar refractivity (Wildman–Crippen MR) is 134 cm³/mol. The summed E-state index contributed by atoms with van der Waals surface area (Å²) in [6.45, 7) is 3.85. The summed E-state index contributed by atoms with van der Waals surface area (Å²) in [5.74, 6) is 2.91. The number of amides is 1. The van der Waals surface area contributed by atoms with Crippen molar-refractivity contribution in [3.05, 3.63) is 58.5 Å². The van der Waals surface area contributed by atoms with Crippen molar-refractivity contribution in [2.24, 2.45) is 17.8 Å². The molecule has 4 bridgehead atoms. The third kappa shape index (κ3) is 3.74. The van der Waals surface area contributed by atoms with Gasteiger partial charge < -0.3 is 5.32 Å². The average Bonchev–Trinajstić information content (AvgIpc) is 2.79. The summed E-state index contributed by atoms with van der Waals surface area (Å²) in [5.41, 5.74) is 1.32. The van der Waals surface area contributed by atoms with Gasteiger partial charge in [0.1, 0.15) is 5.82 Å². The molecule has 4 fully saturated rings. The van der Waals surface area contributed by atoms with Crippen molar-refractivity contribution in [1.82, 2.24) is 19.9 Å². The minimum atomic E-state index is -0.378. The van der Waals surface area contributed by atoms with Gasteiger partial charge in [0.05, 0.1) is 16.2 Å². The Kier molecular flexibility index (Phi) is 5.28. The molecule has 2 aromatic heterocycles. The third-order valence-corrected chi connectivity index (χ3v) is 9.07. The van der Waals surface area contributed by atoms with Crippen molar-refractivity contribution in [2.45, 2.75) is 68.3 Å². The van der Waals surface area contributed by atoms with Gasteiger partial charge in [0.15, 0.2) is 5.16 Å². The summed E-state index contributed by atoms with van der Waals surface area (Å²) in [6, 6.07) is 11.1. The Labute approximate surface area is 203 Å². The number of thioether (sulfide) groups is 1. The van der Waals surface area contributed by atoms with E-state index in [9.17, 15) is 9.59 Å². The largest absolute Gasteiger partial charge is 0.350 e. The second-order valence-electron chi connectivity index (χ2n) is 10.6. The zero-order valence-electron chi connectivity index (χ0n) is 19.7. The molecular weight excluding hydrogens is 444 g/mol. The average molecular weight is 475 g/mol. The fourth-order valence-electron chi connectivity index (χ4n) is 6.93. The Bertz CT molecular complexity index is 1300. The minimum Gasteiger partial charge on any atom is -0.350 e. The second-order valence-corrected chi connectivity index (χ2v) is 12.0. The fraction of sp³-hybridized carbons (Fsp3) is 0.481. The maximum Gasteiger partial charge on any atom is 0.267 e. The van der Waals surface area contributed by atoms with E-state index >= 15 is 0 Å². The summed E-state index contributed by atoms with van der Waals surface area (Å²) < 4.78 is 1.57. The molecule has 4 aliphatic rings.